The van der Waals surface area contributed by atoms with Crippen LogP contribution in [0.15, 0.2) is 23.1 Å². The van der Waals surface area contributed by atoms with E-state index in [-0.39, 0.29) is 0 Å². The number of sulfone groups is 1. The number of rotatable bonds is 1. The summed E-state index contributed by atoms with van der Waals surface area (Å²) in [5.74, 6) is 0.334. The second-order valence-electron chi connectivity index (χ2n) is 5.53. The Hall–Kier alpha value is -1.03. The predicted octanol–water partition coefficient (Wildman–Crippen LogP) is 2.79. The molecule has 0 unspecified atom stereocenters. The van der Waals surface area contributed by atoms with Gasteiger partial charge >= 0.3 is 0 Å². The third-order valence-corrected chi connectivity index (χ3v) is 5.91. The first-order valence-corrected chi connectivity index (χ1v) is 7.36. The zero-order valence-electron chi connectivity index (χ0n) is 10.7. The molecule has 17 heavy (non-hydrogen) atoms. The van der Waals surface area contributed by atoms with Gasteiger partial charge in [0.05, 0.1) is 15.3 Å². The van der Waals surface area contributed by atoms with Crippen LogP contribution in [-0.4, -0.2) is 19.7 Å². The van der Waals surface area contributed by atoms with Gasteiger partial charge in [-0.1, -0.05) is 19.9 Å². The maximum Gasteiger partial charge on any atom is 0.187 e. The van der Waals surface area contributed by atoms with Crippen LogP contribution in [0.3, 0.4) is 0 Å². The highest BCUT2D eigenvalue weighted by Gasteiger charge is 2.40. The summed E-state index contributed by atoms with van der Waals surface area (Å²) in [6.45, 7) is 8.12. The van der Waals surface area contributed by atoms with Gasteiger partial charge in [-0.2, -0.15) is 0 Å². The zero-order chi connectivity index (χ0) is 12.8. The van der Waals surface area contributed by atoms with E-state index < -0.39 is 14.6 Å². The molecule has 0 spiro atoms. The summed E-state index contributed by atoms with van der Waals surface area (Å²) in [5.41, 5.74) is 1.79. The molecule has 0 radical (unpaired) electrons. The Morgan fingerprint density at radius 2 is 1.94 bits per heavy atom. The monoisotopic (exact) mass is 253 g/mol. The minimum Gasteiger partial charge on any atom is -0.382 e. The molecular weight excluding hydrogens is 234 g/mol. The smallest absolute Gasteiger partial charge is 0.187 e. The minimum atomic E-state index is -3.24. The van der Waals surface area contributed by atoms with Crippen molar-refractivity contribution in [1.29, 1.82) is 0 Å². The molecule has 1 N–H and O–H groups in total. The molecule has 0 bridgehead atoms. The highest BCUT2D eigenvalue weighted by Crippen LogP contribution is 2.37. The maximum absolute atomic E-state index is 12.5. The molecule has 0 aliphatic carbocycles. The van der Waals surface area contributed by atoms with E-state index in [0.717, 1.165) is 11.3 Å². The largest absolute Gasteiger partial charge is 0.382 e. The molecule has 0 saturated carbocycles. The molecule has 0 aromatic heterocycles. The maximum atomic E-state index is 12.5. The van der Waals surface area contributed by atoms with Crippen molar-refractivity contribution >= 4 is 15.5 Å². The standard InChI is InChI=1S/C13H19NO2S/c1-9(2)10-5-6-11-12(7-10)17(15,16)13(3,4)8-14-11/h5-7,9,14H,8H2,1-4H3. The van der Waals surface area contributed by atoms with Crippen LogP contribution in [0.4, 0.5) is 5.69 Å². The Morgan fingerprint density at radius 1 is 1.29 bits per heavy atom. The van der Waals surface area contributed by atoms with E-state index in [1.807, 2.05) is 18.2 Å². The summed E-state index contributed by atoms with van der Waals surface area (Å²) in [7, 11) is -3.24. The first kappa shape index (κ1) is 12.4. The Bertz CT molecular complexity index is 545. The lowest BCUT2D eigenvalue weighted by Crippen LogP contribution is -2.43. The van der Waals surface area contributed by atoms with Gasteiger partial charge in [-0.3, -0.25) is 0 Å². The molecule has 1 aliphatic heterocycles. The SMILES string of the molecule is CC(C)c1ccc2c(c1)S(=O)(=O)C(C)(C)CN2. The fraction of sp³-hybridized carbons (Fsp3) is 0.538. The fourth-order valence-electron chi connectivity index (χ4n) is 1.97. The van der Waals surface area contributed by atoms with E-state index in [2.05, 4.69) is 19.2 Å². The molecule has 1 aromatic rings. The molecule has 1 aromatic carbocycles. The first-order valence-electron chi connectivity index (χ1n) is 5.88. The van der Waals surface area contributed by atoms with Crippen LogP contribution in [0, 0.1) is 0 Å². The van der Waals surface area contributed by atoms with Crippen LogP contribution in [0.1, 0.15) is 39.2 Å². The van der Waals surface area contributed by atoms with E-state index in [0.29, 0.717) is 17.4 Å². The summed E-state index contributed by atoms with van der Waals surface area (Å²) in [6.07, 6.45) is 0. The molecule has 3 nitrogen and oxygen atoms in total. The van der Waals surface area contributed by atoms with Gasteiger partial charge in [0, 0.05) is 6.54 Å². The van der Waals surface area contributed by atoms with Gasteiger partial charge in [0.1, 0.15) is 0 Å². The topological polar surface area (TPSA) is 46.2 Å². The molecule has 1 aliphatic rings. The number of nitrogens with one attached hydrogen (secondary N) is 1. The van der Waals surface area contributed by atoms with Gasteiger partial charge in [-0.05, 0) is 37.5 Å². The average Bonchev–Trinajstić information content (AvgIpc) is 2.24. The lowest BCUT2D eigenvalue weighted by atomic mass is 10.0. The van der Waals surface area contributed by atoms with Crippen LogP contribution >= 0.6 is 0 Å². The highest BCUT2D eigenvalue weighted by molar-refractivity contribution is 7.93. The first-order chi connectivity index (χ1) is 7.75. The average molecular weight is 253 g/mol. The molecule has 0 fully saturated rings. The number of anilines is 1. The van der Waals surface area contributed by atoms with Crippen molar-refractivity contribution in [2.24, 2.45) is 0 Å². The molecule has 2 rings (SSSR count). The number of hydrogen-bond donors (Lipinski definition) is 1. The second kappa shape index (κ2) is 3.73. The van der Waals surface area contributed by atoms with Gasteiger partial charge in [0.2, 0.25) is 0 Å². The van der Waals surface area contributed by atoms with Gasteiger partial charge < -0.3 is 5.32 Å². The van der Waals surface area contributed by atoms with Gasteiger partial charge in [0.25, 0.3) is 0 Å². The Kier molecular flexibility index (Phi) is 2.73. The Labute approximate surface area is 103 Å². The summed E-state index contributed by atoms with van der Waals surface area (Å²) in [4.78, 5) is 0.444. The third-order valence-electron chi connectivity index (χ3n) is 3.39. The quantitative estimate of drug-likeness (QED) is 0.837. The summed E-state index contributed by atoms with van der Waals surface area (Å²) < 4.78 is 24.2. The van der Waals surface area contributed by atoms with Crippen LogP contribution in [0.25, 0.3) is 0 Å². The number of benzene rings is 1. The third kappa shape index (κ3) is 1.84. The van der Waals surface area contributed by atoms with Crippen molar-refractivity contribution in [3.63, 3.8) is 0 Å². The Morgan fingerprint density at radius 3 is 2.53 bits per heavy atom. The van der Waals surface area contributed by atoms with Crippen molar-refractivity contribution < 1.29 is 8.42 Å². The summed E-state index contributed by atoms with van der Waals surface area (Å²) in [6, 6.07) is 5.67. The normalized spacial score (nSPS) is 20.8. The summed E-state index contributed by atoms with van der Waals surface area (Å²) in [5, 5.41) is 3.20. The van der Waals surface area contributed by atoms with Crippen LogP contribution in [-0.2, 0) is 9.84 Å². The van der Waals surface area contributed by atoms with Crippen molar-refractivity contribution in [2.75, 3.05) is 11.9 Å². The molecule has 1 heterocycles. The lowest BCUT2D eigenvalue weighted by molar-refractivity contribution is 0.548. The van der Waals surface area contributed by atoms with Gasteiger partial charge in [-0.25, -0.2) is 8.42 Å². The second-order valence-corrected chi connectivity index (χ2v) is 8.08. The highest BCUT2D eigenvalue weighted by atomic mass is 32.2. The molecule has 0 atom stereocenters. The van der Waals surface area contributed by atoms with E-state index in [9.17, 15) is 8.42 Å². The van der Waals surface area contributed by atoms with Crippen molar-refractivity contribution in [1.82, 2.24) is 0 Å². The van der Waals surface area contributed by atoms with E-state index >= 15 is 0 Å². The molecule has 0 amide bonds. The minimum absolute atomic E-state index is 0.334. The van der Waals surface area contributed by atoms with Gasteiger partial charge in [0.15, 0.2) is 9.84 Å². The van der Waals surface area contributed by atoms with Gasteiger partial charge in [-0.15, -0.1) is 0 Å². The van der Waals surface area contributed by atoms with E-state index in [4.69, 9.17) is 0 Å². The predicted molar refractivity (Wildman–Crippen MR) is 70.3 cm³/mol. The summed E-state index contributed by atoms with van der Waals surface area (Å²) >= 11 is 0. The van der Waals surface area contributed by atoms with Crippen LogP contribution < -0.4 is 5.32 Å². The number of fused-ring (bicyclic) bond motifs is 1. The molecule has 94 valence electrons. The molecule has 0 saturated heterocycles. The van der Waals surface area contributed by atoms with E-state index in [1.165, 1.54) is 0 Å². The van der Waals surface area contributed by atoms with Crippen LogP contribution in [0.2, 0.25) is 0 Å². The fourth-order valence-corrected chi connectivity index (χ4v) is 3.55. The lowest BCUT2D eigenvalue weighted by Gasteiger charge is -2.32. The van der Waals surface area contributed by atoms with Crippen molar-refractivity contribution in [3.8, 4) is 0 Å². The molecule has 4 heteroatoms. The Balaban J connectivity index is 2.65. The zero-order valence-corrected chi connectivity index (χ0v) is 11.6. The van der Waals surface area contributed by atoms with Crippen molar-refractivity contribution in [2.45, 2.75) is 43.3 Å². The van der Waals surface area contributed by atoms with E-state index in [1.54, 1.807) is 13.8 Å². The molecular formula is C13H19NO2S. The number of hydrogen-bond acceptors (Lipinski definition) is 3. The van der Waals surface area contributed by atoms with Crippen LogP contribution in [0.5, 0.6) is 0 Å². The van der Waals surface area contributed by atoms with Crippen molar-refractivity contribution in [3.05, 3.63) is 23.8 Å².